The first-order chi connectivity index (χ1) is 15.2. The molecule has 0 saturated carbocycles. The number of benzene rings is 1. The molecule has 0 bridgehead atoms. The average Bonchev–Trinajstić information content (AvgIpc) is 3.48. The summed E-state index contributed by atoms with van der Waals surface area (Å²) in [6, 6.07) is 6.99. The van der Waals surface area contributed by atoms with Gasteiger partial charge in [0.15, 0.2) is 5.96 Å². The van der Waals surface area contributed by atoms with Crippen LogP contribution in [-0.4, -0.2) is 78.1 Å². The smallest absolute Gasteiger partial charge is 0.194 e. The summed E-state index contributed by atoms with van der Waals surface area (Å²) in [7, 11) is 0. The summed E-state index contributed by atoms with van der Waals surface area (Å²) in [5, 5.41) is 11.7. The molecule has 8 nitrogen and oxygen atoms in total. The predicted molar refractivity (Wildman–Crippen MR) is 119 cm³/mol. The van der Waals surface area contributed by atoms with Crippen LogP contribution < -0.4 is 10.2 Å². The molecule has 9 heteroatoms. The monoisotopic (exact) mass is 429 g/mol. The van der Waals surface area contributed by atoms with E-state index in [0.717, 1.165) is 83.7 Å². The number of rotatable bonds is 7. The Morgan fingerprint density at radius 3 is 2.84 bits per heavy atom. The molecule has 31 heavy (non-hydrogen) atoms. The summed E-state index contributed by atoms with van der Waals surface area (Å²) in [6.45, 7) is 9.13. The van der Waals surface area contributed by atoms with Gasteiger partial charge >= 0.3 is 0 Å². The molecule has 2 aliphatic heterocycles. The van der Waals surface area contributed by atoms with E-state index in [1.165, 1.54) is 6.07 Å². The highest BCUT2D eigenvalue weighted by Gasteiger charge is 2.22. The summed E-state index contributed by atoms with van der Waals surface area (Å²) in [5.74, 6) is 2.24. The number of aromatic nitrogens is 3. The van der Waals surface area contributed by atoms with Crippen LogP contribution in [0.4, 0.5) is 10.1 Å². The lowest BCUT2D eigenvalue weighted by Crippen LogP contribution is -2.53. The maximum atomic E-state index is 14.2. The number of ether oxygens (including phenoxy) is 1. The third-order valence-electron chi connectivity index (χ3n) is 5.94. The number of guanidine groups is 1. The van der Waals surface area contributed by atoms with E-state index in [-0.39, 0.29) is 5.82 Å². The van der Waals surface area contributed by atoms with Crippen molar-refractivity contribution in [3.05, 3.63) is 42.2 Å². The van der Waals surface area contributed by atoms with E-state index < -0.39 is 0 Å². The number of piperazine rings is 1. The van der Waals surface area contributed by atoms with Gasteiger partial charge in [-0.3, -0.25) is 4.99 Å². The lowest BCUT2D eigenvalue weighted by molar-refractivity contribution is 0.187. The van der Waals surface area contributed by atoms with Crippen LogP contribution in [0.15, 0.2) is 35.6 Å². The molecule has 1 aromatic heterocycles. The van der Waals surface area contributed by atoms with Crippen LogP contribution in [0.25, 0.3) is 0 Å². The number of hydrogen-bond acceptors (Lipinski definition) is 5. The summed E-state index contributed by atoms with van der Waals surface area (Å²) >= 11 is 0. The maximum absolute atomic E-state index is 14.2. The van der Waals surface area contributed by atoms with E-state index in [1.54, 1.807) is 12.4 Å². The molecule has 168 valence electrons. The fourth-order valence-electron chi connectivity index (χ4n) is 4.11. The number of anilines is 1. The number of halogens is 1. The van der Waals surface area contributed by atoms with Gasteiger partial charge in [0, 0.05) is 64.8 Å². The van der Waals surface area contributed by atoms with E-state index in [1.807, 2.05) is 12.1 Å². The van der Waals surface area contributed by atoms with Crippen molar-refractivity contribution in [3.8, 4) is 0 Å². The Morgan fingerprint density at radius 1 is 1.26 bits per heavy atom. The third kappa shape index (κ3) is 5.52. The molecule has 2 aliphatic rings. The SMILES string of the molecule is CCc1nncn1CCNC(=NCC1CCOC1)N1CCN(c2ccccc2F)CC1. The minimum absolute atomic E-state index is 0.162. The molecule has 1 N–H and O–H groups in total. The molecule has 4 rings (SSSR count). The number of nitrogens with one attached hydrogen (secondary N) is 1. The molecule has 0 aliphatic carbocycles. The van der Waals surface area contributed by atoms with Crippen LogP contribution in [0.2, 0.25) is 0 Å². The van der Waals surface area contributed by atoms with Gasteiger partial charge in [-0.1, -0.05) is 19.1 Å². The van der Waals surface area contributed by atoms with E-state index in [0.29, 0.717) is 11.6 Å². The average molecular weight is 430 g/mol. The van der Waals surface area contributed by atoms with Gasteiger partial charge in [0.1, 0.15) is 18.0 Å². The van der Waals surface area contributed by atoms with Crippen molar-refractivity contribution < 1.29 is 9.13 Å². The summed E-state index contributed by atoms with van der Waals surface area (Å²) < 4.78 is 21.7. The Balaban J connectivity index is 1.37. The standard InChI is InChI=1S/C22H32FN7O/c1-2-21-27-26-17-30(21)9-8-24-22(25-15-18-7-14-31-16-18)29-12-10-28(11-13-29)20-6-4-3-5-19(20)23/h3-6,17-18H,2,7-16H2,1H3,(H,24,25). The van der Waals surface area contributed by atoms with E-state index >= 15 is 0 Å². The topological polar surface area (TPSA) is 70.8 Å². The first-order valence-corrected chi connectivity index (χ1v) is 11.2. The van der Waals surface area contributed by atoms with Crippen molar-refractivity contribution in [1.82, 2.24) is 25.0 Å². The Labute approximate surface area is 183 Å². The number of aryl methyl sites for hydroxylation is 1. The van der Waals surface area contributed by atoms with Gasteiger partial charge in [-0.05, 0) is 18.6 Å². The van der Waals surface area contributed by atoms with Crippen molar-refractivity contribution in [1.29, 1.82) is 0 Å². The lowest BCUT2D eigenvalue weighted by Gasteiger charge is -2.38. The largest absolute Gasteiger partial charge is 0.381 e. The second kappa shape index (κ2) is 10.6. The second-order valence-corrected chi connectivity index (χ2v) is 8.04. The van der Waals surface area contributed by atoms with Gasteiger partial charge in [-0.15, -0.1) is 10.2 Å². The van der Waals surface area contributed by atoms with Crippen molar-refractivity contribution in [2.24, 2.45) is 10.9 Å². The van der Waals surface area contributed by atoms with Crippen LogP contribution in [0.1, 0.15) is 19.2 Å². The summed E-state index contributed by atoms with van der Waals surface area (Å²) in [6.07, 6.45) is 3.71. The summed E-state index contributed by atoms with van der Waals surface area (Å²) in [5.41, 5.74) is 0.677. The fraction of sp³-hybridized carbons (Fsp3) is 0.591. The molecule has 2 saturated heterocycles. The zero-order chi connectivity index (χ0) is 21.5. The van der Waals surface area contributed by atoms with Crippen LogP contribution in [0, 0.1) is 11.7 Å². The molecular weight excluding hydrogens is 397 g/mol. The third-order valence-corrected chi connectivity index (χ3v) is 5.94. The Morgan fingerprint density at radius 2 is 2.10 bits per heavy atom. The van der Waals surface area contributed by atoms with Crippen molar-refractivity contribution in [2.75, 3.05) is 57.4 Å². The molecule has 1 aromatic carbocycles. The molecule has 0 radical (unpaired) electrons. The van der Waals surface area contributed by atoms with Crippen molar-refractivity contribution in [3.63, 3.8) is 0 Å². The molecule has 2 fully saturated rings. The molecule has 0 spiro atoms. The quantitative estimate of drug-likeness (QED) is 0.535. The van der Waals surface area contributed by atoms with Crippen LogP contribution in [-0.2, 0) is 17.7 Å². The van der Waals surface area contributed by atoms with Crippen LogP contribution >= 0.6 is 0 Å². The Kier molecular flexibility index (Phi) is 7.35. The molecule has 0 amide bonds. The second-order valence-electron chi connectivity index (χ2n) is 8.04. The van der Waals surface area contributed by atoms with E-state index in [4.69, 9.17) is 9.73 Å². The normalized spacial score (nSPS) is 19.8. The van der Waals surface area contributed by atoms with Gasteiger partial charge in [0.25, 0.3) is 0 Å². The zero-order valence-corrected chi connectivity index (χ0v) is 18.2. The number of nitrogens with zero attached hydrogens (tertiary/aromatic N) is 6. The first-order valence-electron chi connectivity index (χ1n) is 11.2. The van der Waals surface area contributed by atoms with Crippen molar-refractivity contribution >= 4 is 11.6 Å². The highest BCUT2D eigenvalue weighted by atomic mass is 19.1. The lowest BCUT2D eigenvalue weighted by atomic mass is 10.1. The molecule has 1 unspecified atom stereocenters. The van der Waals surface area contributed by atoms with E-state index in [9.17, 15) is 4.39 Å². The Hall–Kier alpha value is -2.68. The Bertz CT molecular complexity index is 857. The number of para-hydroxylation sites is 1. The van der Waals surface area contributed by atoms with Crippen LogP contribution in [0.5, 0.6) is 0 Å². The number of aliphatic imine (C=N–C) groups is 1. The van der Waals surface area contributed by atoms with E-state index in [2.05, 4.69) is 36.8 Å². The molecular formula is C22H32FN7O. The molecule has 2 aromatic rings. The number of hydrogen-bond donors (Lipinski definition) is 1. The minimum atomic E-state index is -0.162. The van der Waals surface area contributed by atoms with Gasteiger partial charge in [-0.25, -0.2) is 4.39 Å². The van der Waals surface area contributed by atoms with Crippen molar-refractivity contribution in [2.45, 2.75) is 26.3 Å². The van der Waals surface area contributed by atoms with Gasteiger partial charge < -0.3 is 24.4 Å². The van der Waals surface area contributed by atoms with Gasteiger partial charge in [0.2, 0.25) is 0 Å². The molecule has 1 atom stereocenters. The highest BCUT2D eigenvalue weighted by Crippen LogP contribution is 2.20. The summed E-state index contributed by atoms with van der Waals surface area (Å²) in [4.78, 5) is 9.31. The van der Waals surface area contributed by atoms with Crippen LogP contribution in [0.3, 0.4) is 0 Å². The zero-order valence-electron chi connectivity index (χ0n) is 18.2. The first kappa shape index (κ1) is 21.5. The minimum Gasteiger partial charge on any atom is -0.381 e. The fourth-order valence-corrected chi connectivity index (χ4v) is 4.11. The predicted octanol–water partition coefficient (Wildman–Crippen LogP) is 1.78. The van der Waals surface area contributed by atoms with Gasteiger partial charge in [-0.2, -0.15) is 0 Å². The maximum Gasteiger partial charge on any atom is 0.194 e. The molecule has 3 heterocycles. The van der Waals surface area contributed by atoms with Gasteiger partial charge in [0.05, 0.1) is 12.3 Å². The highest BCUT2D eigenvalue weighted by molar-refractivity contribution is 5.80.